The summed E-state index contributed by atoms with van der Waals surface area (Å²) < 4.78 is 0.830. The van der Waals surface area contributed by atoms with Crippen LogP contribution in [0.4, 0.5) is 5.69 Å². The summed E-state index contributed by atoms with van der Waals surface area (Å²) in [7, 11) is 0. The number of carbonyl (C=O) groups excluding carboxylic acids is 1. The summed E-state index contributed by atoms with van der Waals surface area (Å²) in [5.74, 6) is -1.32. The number of carboxylic acids is 1. The first-order valence-electron chi connectivity index (χ1n) is 5.91. The van der Waals surface area contributed by atoms with Crippen molar-refractivity contribution in [3.8, 4) is 0 Å². The third-order valence-electron chi connectivity index (χ3n) is 3.56. The number of hydrogen-bond donors (Lipinski definition) is 2. The maximum Gasteiger partial charge on any atom is 0.311 e. The molecule has 19 heavy (non-hydrogen) atoms. The fourth-order valence-electron chi connectivity index (χ4n) is 2.32. The van der Waals surface area contributed by atoms with Crippen molar-refractivity contribution in [2.75, 3.05) is 18.0 Å². The van der Waals surface area contributed by atoms with Gasteiger partial charge in [0, 0.05) is 17.6 Å². The van der Waals surface area contributed by atoms with E-state index < -0.39 is 17.3 Å². The number of nitrogens with zero attached hydrogens (tertiary/aromatic N) is 1. The summed E-state index contributed by atoms with van der Waals surface area (Å²) in [6.07, 6.45) is 0.549. The lowest BCUT2D eigenvalue weighted by atomic mass is 9.90. The molecule has 6 heteroatoms. The molecule has 1 aliphatic rings. The number of hydrogen-bond acceptors (Lipinski definition) is 3. The van der Waals surface area contributed by atoms with Crippen molar-refractivity contribution < 1.29 is 14.7 Å². The van der Waals surface area contributed by atoms with Crippen LogP contribution in [0.3, 0.4) is 0 Å². The van der Waals surface area contributed by atoms with Gasteiger partial charge in [-0.3, -0.25) is 9.59 Å². The molecule has 1 saturated heterocycles. The van der Waals surface area contributed by atoms with Gasteiger partial charge in [0.15, 0.2) is 0 Å². The lowest BCUT2D eigenvalue weighted by Gasteiger charge is -2.23. The highest BCUT2D eigenvalue weighted by Gasteiger charge is 2.41. The second-order valence-electron chi connectivity index (χ2n) is 5.06. The maximum absolute atomic E-state index is 11.4. The largest absolute Gasteiger partial charge is 0.481 e. The van der Waals surface area contributed by atoms with Crippen molar-refractivity contribution in [3.05, 3.63) is 28.2 Å². The third kappa shape index (κ3) is 2.58. The van der Waals surface area contributed by atoms with Crippen molar-refractivity contribution in [1.82, 2.24) is 0 Å². The molecule has 1 aromatic rings. The summed E-state index contributed by atoms with van der Waals surface area (Å²) in [4.78, 5) is 24.6. The SMILES string of the molecule is CC1(C(=O)O)CCN(c2cc(Br)ccc2C(N)=O)C1. The Balaban J connectivity index is 2.36. The van der Waals surface area contributed by atoms with Crippen LogP contribution in [0.25, 0.3) is 0 Å². The number of benzene rings is 1. The first-order valence-corrected chi connectivity index (χ1v) is 6.70. The fourth-order valence-corrected chi connectivity index (χ4v) is 2.67. The van der Waals surface area contributed by atoms with E-state index in [1.54, 1.807) is 25.1 Å². The van der Waals surface area contributed by atoms with Gasteiger partial charge < -0.3 is 15.7 Å². The van der Waals surface area contributed by atoms with Gasteiger partial charge in [-0.05, 0) is 31.5 Å². The number of aliphatic carboxylic acids is 1. The molecule has 5 nitrogen and oxygen atoms in total. The van der Waals surface area contributed by atoms with E-state index in [9.17, 15) is 14.7 Å². The van der Waals surface area contributed by atoms with Gasteiger partial charge in [0.2, 0.25) is 0 Å². The van der Waals surface area contributed by atoms with Crippen molar-refractivity contribution in [3.63, 3.8) is 0 Å². The van der Waals surface area contributed by atoms with Crippen LogP contribution >= 0.6 is 15.9 Å². The number of carbonyl (C=O) groups is 2. The highest BCUT2D eigenvalue weighted by molar-refractivity contribution is 9.10. The normalized spacial score (nSPS) is 22.5. The minimum Gasteiger partial charge on any atom is -0.481 e. The van der Waals surface area contributed by atoms with Crippen molar-refractivity contribution in [2.45, 2.75) is 13.3 Å². The number of carboxylic acid groups (broad SMARTS) is 1. The molecular formula is C13H15BrN2O3. The fraction of sp³-hybridized carbons (Fsp3) is 0.385. The van der Waals surface area contributed by atoms with E-state index in [0.717, 1.165) is 4.47 Å². The Bertz CT molecular complexity index is 547. The molecule has 1 fully saturated rings. The molecule has 1 unspecified atom stereocenters. The Labute approximate surface area is 119 Å². The maximum atomic E-state index is 11.4. The van der Waals surface area contributed by atoms with Gasteiger partial charge in [-0.15, -0.1) is 0 Å². The van der Waals surface area contributed by atoms with Crippen LogP contribution in [0.15, 0.2) is 22.7 Å². The van der Waals surface area contributed by atoms with Crippen LogP contribution in [0.1, 0.15) is 23.7 Å². The monoisotopic (exact) mass is 326 g/mol. The number of nitrogens with two attached hydrogens (primary N) is 1. The number of halogens is 1. The molecule has 0 spiro atoms. The summed E-state index contributed by atoms with van der Waals surface area (Å²) in [5, 5.41) is 9.24. The molecule has 1 atom stereocenters. The van der Waals surface area contributed by atoms with Gasteiger partial charge in [-0.1, -0.05) is 15.9 Å². The summed E-state index contributed by atoms with van der Waals surface area (Å²) in [5.41, 5.74) is 5.68. The molecule has 1 aliphatic heterocycles. The zero-order chi connectivity index (χ0) is 14.2. The molecule has 1 heterocycles. The number of rotatable bonds is 3. The molecular weight excluding hydrogens is 312 g/mol. The van der Waals surface area contributed by atoms with Crippen molar-refractivity contribution in [2.24, 2.45) is 11.1 Å². The van der Waals surface area contributed by atoms with Crippen molar-refractivity contribution >= 4 is 33.5 Å². The van der Waals surface area contributed by atoms with Crippen LogP contribution in [0.5, 0.6) is 0 Å². The van der Waals surface area contributed by atoms with Gasteiger partial charge in [-0.25, -0.2) is 0 Å². The molecule has 102 valence electrons. The third-order valence-corrected chi connectivity index (χ3v) is 4.05. The minimum absolute atomic E-state index is 0.374. The second kappa shape index (κ2) is 4.85. The second-order valence-corrected chi connectivity index (χ2v) is 5.98. The molecule has 1 amide bonds. The van der Waals surface area contributed by atoms with E-state index in [1.807, 2.05) is 4.90 Å². The van der Waals surface area contributed by atoms with Crippen molar-refractivity contribution in [1.29, 1.82) is 0 Å². The summed E-state index contributed by atoms with van der Waals surface area (Å²) in [6, 6.07) is 5.20. The number of anilines is 1. The minimum atomic E-state index is -0.814. The Morgan fingerprint density at radius 3 is 2.68 bits per heavy atom. The molecule has 1 aromatic carbocycles. The number of amides is 1. The first-order chi connectivity index (χ1) is 8.83. The van der Waals surface area contributed by atoms with E-state index in [2.05, 4.69) is 15.9 Å². The zero-order valence-corrected chi connectivity index (χ0v) is 12.1. The Morgan fingerprint density at radius 2 is 2.16 bits per heavy atom. The van der Waals surface area contributed by atoms with E-state index in [0.29, 0.717) is 30.8 Å². The highest BCUT2D eigenvalue weighted by atomic mass is 79.9. The standard InChI is InChI=1S/C13H15BrN2O3/c1-13(12(18)19)4-5-16(7-13)10-6-8(14)2-3-9(10)11(15)17/h2-3,6H,4-5,7H2,1H3,(H2,15,17)(H,18,19). The van der Waals surface area contributed by atoms with Crippen LogP contribution in [0, 0.1) is 5.41 Å². The Hall–Kier alpha value is -1.56. The molecule has 3 N–H and O–H groups in total. The molecule has 0 aromatic heterocycles. The smallest absolute Gasteiger partial charge is 0.311 e. The Kier molecular flexibility index (Phi) is 3.54. The van der Waals surface area contributed by atoms with E-state index in [-0.39, 0.29) is 0 Å². The Morgan fingerprint density at radius 1 is 1.47 bits per heavy atom. The van der Waals surface area contributed by atoms with Crippen LogP contribution in [-0.4, -0.2) is 30.1 Å². The topological polar surface area (TPSA) is 83.6 Å². The van der Waals surface area contributed by atoms with Crippen LogP contribution < -0.4 is 10.6 Å². The zero-order valence-electron chi connectivity index (χ0n) is 10.5. The molecule has 0 radical (unpaired) electrons. The quantitative estimate of drug-likeness (QED) is 0.887. The average Bonchev–Trinajstić information content (AvgIpc) is 2.73. The van der Waals surface area contributed by atoms with Gasteiger partial charge in [0.25, 0.3) is 5.91 Å². The first kappa shape index (κ1) is 13.9. The molecule has 2 rings (SSSR count). The average molecular weight is 327 g/mol. The van der Waals surface area contributed by atoms with Gasteiger partial charge >= 0.3 is 5.97 Å². The van der Waals surface area contributed by atoms with E-state index in [1.165, 1.54) is 0 Å². The predicted molar refractivity (Wildman–Crippen MR) is 75.2 cm³/mol. The molecule has 0 saturated carbocycles. The lowest BCUT2D eigenvalue weighted by Crippen LogP contribution is -2.32. The summed E-state index contributed by atoms with van der Waals surface area (Å²) in [6.45, 7) is 2.69. The van der Waals surface area contributed by atoms with E-state index >= 15 is 0 Å². The van der Waals surface area contributed by atoms with Gasteiger partial charge in [0.1, 0.15) is 0 Å². The van der Waals surface area contributed by atoms with Gasteiger partial charge in [0.05, 0.1) is 16.7 Å². The van der Waals surface area contributed by atoms with Gasteiger partial charge in [-0.2, -0.15) is 0 Å². The highest BCUT2D eigenvalue weighted by Crippen LogP contribution is 2.35. The number of primary amides is 1. The molecule has 0 aliphatic carbocycles. The van der Waals surface area contributed by atoms with Crippen LogP contribution in [-0.2, 0) is 4.79 Å². The molecule has 0 bridgehead atoms. The summed E-state index contributed by atoms with van der Waals surface area (Å²) >= 11 is 3.35. The van der Waals surface area contributed by atoms with E-state index in [4.69, 9.17) is 5.73 Å². The predicted octanol–water partition coefficient (Wildman–Crippen LogP) is 1.85. The van der Waals surface area contributed by atoms with Crippen LogP contribution in [0.2, 0.25) is 0 Å². The lowest BCUT2D eigenvalue weighted by molar-refractivity contribution is -0.146.